The van der Waals surface area contributed by atoms with Crippen LogP contribution in [0.15, 0.2) is 33.9 Å². The number of rotatable bonds is 5. The lowest BCUT2D eigenvalue weighted by atomic mass is 10.3. The second-order valence-electron chi connectivity index (χ2n) is 3.99. The number of nitrogens with zero attached hydrogens (tertiary/aromatic N) is 2. The highest BCUT2D eigenvalue weighted by atomic mass is 79.9. The molecule has 0 radical (unpaired) electrons. The molecular formula is C13H13BrFN3OS. The van der Waals surface area contributed by atoms with Crippen LogP contribution in [0.25, 0.3) is 0 Å². The number of aryl methyl sites for hydroxylation is 1. The van der Waals surface area contributed by atoms with Gasteiger partial charge in [-0.25, -0.2) is 14.4 Å². The predicted octanol–water partition coefficient (Wildman–Crippen LogP) is 3.44. The first kappa shape index (κ1) is 15.1. The summed E-state index contributed by atoms with van der Waals surface area (Å²) in [6, 6.07) is 6.04. The highest BCUT2D eigenvalue weighted by Crippen LogP contribution is 2.26. The fourth-order valence-electron chi connectivity index (χ4n) is 1.50. The second-order valence-corrected chi connectivity index (χ2v) is 5.90. The first-order valence-corrected chi connectivity index (χ1v) is 7.64. The van der Waals surface area contributed by atoms with Crippen LogP contribution in [0.5, 0.6) is 5.75 Å². The van der Waals surface area contributed by atoms with Gasteiger partial charge in [0.2, 0.25) is 0 Å². The van der Waals surface area contributed by atoms with Crippen LogP contribution in [0.1, 0.15) is 5.69 Å². The van der Waals surface area contributed by atoms with Gasteiger partial charge in [0.15, 0.2) is 5.16 Å². The minimum atomic E-state index is -0.328. The molecule has 0 unspecified atom stereocenters. The second kappa shape index (κ2) is 6.90. The molecule has 1 heterocycles. The molecule has 2 N–H and O–H groups in total. The van der Waals surface area contributed by atoms with Crippen LogP contribution in [-0.4, -0.2) is 22.3 Å². The van der Waals surface area contributed by atoms with E-state index in [2.05, 4.69) is 25.9 Å². The van der Waals surface area contributed by atoms with Gasteiger partial charge in [-0.05, 0) is 35.0 Å². The van der Waals surface area contributed by atoms with E-state index in [4.69, 9.17) is 10.5 Å². The van der Waals surface area contributed by atoms with Crippen molar-refractivity contribution >= 4 is 33.5 Å². The maximum Gasteiger partial charge on any atom is 0.189 e. The lowest BCUT2D eigenvalue weighted by Crippen LogP contribution is -2.03. The van der Waals surface area contributed by atoms with Crippen LogP contribution >= 0.6 is 27.7 Å². The topological polar surface area (TPSA) is 61.0 Å². The molecule has 1 aromatic heterocycles. The summed E-state index contributed by atoms with van der Waals surface area (Å²) in [5.74, 6) is 1.25. The lowest BCUT2D eigenvalue weighted by molar-refractivity contribution is 0.339. The van der Waals surface area contributed by atoms with Crippen molar-refractivity contribution in [1.82, 2.24) is 9.97 Å². The van der Waals surface area contributed by atoms with Gasteiger partial charge in [0.05, 0.1) is 11.1 Å². The summed E-state index contributed by atoms with van der Waals surface area (Å²) in [5.41, 5.74) is 6.48. The van der Waals surface area contributed by atoms with Crippen LogP contribution in [-0.2, 0) is 0 Å². The van der Waals surface area contributed by atoms with Gasteiger partial charge in [0.1, 0.15) is 17.4 Å². The molecule has 0 bridgehead atoms. The minimum absolute atomic E-state index is 0.328. The summed E-state index contributed by atoms with van der Waals surface area (Å²) in [5, 5.41) is 0.615. The molecule has 106 valence electrons. The van der Waals surface area contributed by atoms with Crippen LogP contribution in [0.2, 0.25) is 0 Å². The van der Waals surface area contributed by atoms with Gasteiger partial charge in [0, 0.05) is 23.6 Å². The van der Waals surface area contributed by atoms with Crippen molar-refractivity contribution in [2.75, 3.05) is 18.1 Å². The normalized spacial score (nSPS) is 10.6. The zero-order chi connectivity index (χ0) is 14.5. The zero-order valence-corrected chi connectivity index (χ0v) is 13.2. The van der Waals surface area contributed by atoms with E-state index in [1.54, 1.807) is 12.1 Å². The molecule has 0 atom stereocenters. The van der Waals surface area contributed by atoms with E-state index in [9.17, 15) is 4.39 Å². The molecule has 4 nitrogen and oxygen atoms in total. The maximum absolute atomic E-state index is 13.1. The van der Waals surface area contributed by atoms with Crippen molar-refractivity contribution in [1.29, 1.82) is 0 Å². The maximum atomic E-state index is 13.1. The van der Waals surface area contributed by atoms with Gasteiger partial charge < -0.3 is 10.5 Å². The van der Waals surface area contributed by atoms with Gasteiger partial charge in [-0.2, -0.15) is 0 Å². The minimum Gasteiger partial charge on any atom is -0.491 e. The molecule has 0 aliphatic rings. The van der Waals surface area contributed by atoms with Gasteiger partial charge >= 0.3 is 0 Å². The van der Waals surface area contributed by atoms with Crippen LogP contribution in [0, 0.1) is 12.7 Å². The highest BCUT2D eigenvalue weighted by Gasteiger charge is 2.04. The van der Waals surface area contributed by atoms with E-state index in [0.29, 0.717) is 29.1 Å². The quantitative estimate of drug-likeness (QED) is 0.504. The van der Waals surface area contributed by atoms with Gasteiger partial charge in [0.25, 0.3) is 0 Å². The summed E-state index contributed by atoms with van der Waals surface area (Å²) in [4.78, 5) is 8.37. The van der Waals surface area contributed by atoms with Gasteiger partial charge in [-0.1, -0.05) is 11.8 Å². The Morgan fingerprint density at radius 2 is 2.15 bits per heavy atom. The molecule has 2 aromatic rings. The van der Waals surface area contributed by atoms with Crippen LogP contribution in [0.3, 0.4) is 0 Å². The average Bonchev–Trinajstić information content (AvgIpc) is 2.37. The Hall–Kier alpha value is -1.34. The molecule has 2 rings (SSSR count). The Morgan fingerprint density at radius 3 is 2.90 bits per heavy atom. The number of nitrogens with two attached hydrogens (primary N) is 1. The average molecular weight is 358 g/mol. The first-order valence-electron chi connectivity index (χ1n) is 5.86. The highest BCUT2D eigenvalue weighted by molar-refractivity contribution is 9.10. The number of ether oxygens (including phenoxy) is 1. The monoisotopic (exact) mass is 357 g/mol. The molecule has 0 fully saturated rings. The number of halogens is 2. The van der Waals surface area contributed by atoms with Crippen molar-refractivity contribution in [3.8, 4) is 5.75 Å². The number of anilines is 1. The van der Waals surface area contributed by atoms with Gasteiger partial charge in [-0.15, -0.1) is 0 Å². The Morgan fingerprint density at radius 1 is 1.35 bits per heavy atom. The molecule has 20 heavy (non-hydrogen) atoms. The number of benzene rings is 1. The van der Waals surface area contributed by atoms with E-state index in [0.717, 1.165) is 10.2 Å². The Labute approximate surface area is 129 Å². The van der Waals surface area contributed by atoms with Crippen molar-refractivity contribution in [3.63, 3.8) is 0 Å². The number of hydrogen-bond donors (Lipinski definition) is 1. The number of hydrogen-bond acceptors (Lipinski definition) is 5. The molecule has 0 aliphatic carbocycles. The molecule has 0 amide bonds. The van der Waals surface area contributed by atoms with Crippen LogP contribution in [0.4, 0.5) is 10.2 Å². The van der Waals surface area contributed by atoms with Crippen molar-refractivity contribution in [3.05, 3.63) is 40.2 Å². The summed E-state index contributed by atoms with van der Waals surface area (Å²) in [6.45, 7) is 2.28. The predicted molar refractivity (Wildman–Crippen MR) is 81.5 cm³/mol. The summed E-state index contributed by atoms with van der Waals surface area (Å²) in [7, 11) is 0. The zero-order valence-electron chi connectivity index (χ0n) is 10.8. The summed E-state index contributed by atoms with van der Waals surface area (Å²) < 4.78 is 19.3. The first-order chi connectivity index (χ1) is 9.54. The number of thioether (sulfide) groups is 1. The van der Waals surface area contributed by atoms with E-state index >= 15 is 0 Å². The number of nitrogen functional groups attached to an aromatic ring is 1. The SMILES string of the molecule is Cc1cc(N)nc(SCCOc2cc(F)ccc2Br)n1. The third-order valence-electron chi connectivity index (χ3n) is 2.32. The molecule has 0 aliphatic heterocycles. The molecule has 0 spiro atoms. The van der Waals surface area contributed by atoms with E-state index in [-0.39, 0.29) is 5.82 Å². The van der Waals surface area contributed by atoms with E-state index < -0.39 is 0 Å². The third-order valence-corrected chi connectivity index (χ3v) is 3.79. The fourth-order valence-corrected chi connectivity index (χ4v) is 2.59. The van der Waals surface area contributed by atoms with Crippen LogP contribution < -0.4 is 10.5 Å². The molecular weight excluding hydrogens is 345 g/mol. The standard InChI is InChI=1S/C13H13BrFN3OS/c1-8-6-12(16)18-13(17-8)20-5-4-19-11-7-9(15)2-3-10(11)14/h2-3,6-7H,4-5H2,1H3,(H2,16,17,18). The molecule has 1 aromatic carbocycles. The Kier molecular flexibility index (Phi) is 5.19. The molecule has 0 saturated carbocycles. The van der Waals surface area contributed by atoms with E-state index in [1.165, 1.54) is 23.9 Å². The van der Waals surface area contributed by atoms with Crippen molar-refractivity contribution < 1.29 is 9.13 Å². The third kappa shape index (κ3) is 4.35. The molecule has 0 saturated heterocycles. The number of aromatic nitrogens is 2. The van der Waals surface area contributed by atoms with Crippen molar-refractivity contribution in [2.45, 2.75) is 12.1 Å². The largest absolute Gasteiger partial charge is 0.491 e. The Balaban J connectivity index is 1.86. The van der Waals surface area contributed by atoms with Gasteiger partial charge in [-0.3, -0.25) is 0 Å². The summed E-state index contributed by atoms with van der Waals surface area (Å²) >= 11 is 4.75. The fraction of sp³-hybridized carbons (Fsp3) is 0.231. The summed E-state index contributed by atoms with van der Waals surface area (Å²) in [6.07, 6.45) is 0. The van der Waals surface area contributed by atoms with Crippen molar-refractivity contribution in [2.24, 2.45) is 0 Å². The Bertz CT molecular complexity index is 592. The smallest absolute Gasteiger partial charge is 0.189 e. The lowest BCUT2D eigenvalue weighted by Gasteiger charge is -2.08. The molecule has 7 heteroatoms. The van der Waals surface area contributed by atoms with E-state index in [1.807, 2.05) is 6.92 Å².